The molecule has 1 unspecified atom stereocenters. The van der Waals surface area contributed by atoms with E-state index in [0.29, 0.717) is 30.1 Å². The number of hydrogen-bond acceptors (Lipinski definition) is 2. The van der Waals surface area contributed by atoms with E-state index in [-0.39, 0.29) is 5.82 Å². The van der Waals surface area contributed by atoms with Gasteiger partial charge in [-0.25, -0.2) is 4.39 Å². The van der Waals surface area contributed by atoms with E-state index < -0.39 is 11.5 Å². The van der Waals surface area contributed by atoms with Crippen LogP contribution in [0.4, 0.5) is 4.39 Å². The van der Waals surface area contributed by atoms with Crippen molar-refractivity contribution in [2.75, 3.05) is 6.54 Å². The number of carbonyl (C=O) groups is 1. The maximum Gasteiger partial charge on any atom is 0.323 e. The molecule has 1 aliphatic heterocycles. The summed E-state index contributed by atoms with van der Waals surface area (Å²) in [5, 5.41) is 9.75. The lowest BCUT2D eigenvalue weighted by atomic mass is 9.88. The number of halogens is 2. The molecule has 1 aromatic carbocycles. The minimum absolute atomic E-state index is 0.297. The van der Waals surface area contributed by atoms with Crippen LogP contribution in [-0.4, -0.2) is 28.1 Å². The number of rotatable bonds is 3. The van der Waals surface area contributed by atoms with E-state index in [2.05, 4.69) is 0 Å². The van der Waals surface area contributed by atoms with Gasteiger partial charge in [0.1, 0.15) is 11.4 Å². The minimum atomic E-state index is -0.912. The van der Waals surface area contributed by atoms with Crippen molar-refractivity contribution in [2.45, 2.75) is 38.3 Å². The van der Waals surface area contributed by atoms with Crippen molar-refractivity contribution in [2.24, 2.45) is 0 Å². The van der Waals surface area contributed by atoms with Gasteiger partial charge in [0.25, 0.3) is 0 Å². The maximum atomic E-state index is 13.8. The van der Waals surface area contributed by atoms with Crippen LogP contribution in [0.15, 0.2) is 18.2 Å². The van der Waals surface area contributed by atoms with Crippen molar-refractivity contribution in [3.8, 4) is 0 Å². The monoisotopic (exact) mass is 285 g/mol. The Morgan fingerprint density at radius 2 is 2.26 bits per heavy atom. The van der Waals surface area contributed by atoms with Crippen molar-refractivity contribution in [1.29, 1.82) is 0 Å². The molecule has 0 amide bonds. The van der Waals surface area contributed by atoms with Gasteiger partial charge < -0.3 is 5.11 Å². The smallest absolute Gasteiger partial charge is 0.323 e. The Hall–Kier alpha value is -1.13. The van der Waals surface area contributed by atoms with Gasteiger partial charge in [0.2, 0.25) is 0 Å². The van der Waals surface area contributed by atoms with E-state index in [1.54, 1.807) is 19.1 Å². The lowest BCUT2D eigenvalue weighted by Crippen LogP contribution is -2.54. The number of hydrogen-bond donors (Lipinski definition) is 1. The zero-order chi connectivity index (χ0) is 14.0. The third-order valence-corrected chi connectivity index (χ3v) is 4.11. The van der Waals surface area contributed by atoms with Crippen molar-refractivity contribution in [3.63, 3.8) is 0 Å². The molecule has 2 rings (SSSR count). The molecule has 1 N–H and O–H groups in total. The number of carboxylic acids is 1. The summed E-state index contributed by atoms with van der Waals surface area (Å²) < 4.78 is 13.8. The summed E-state index contributed by atoms with van der Waals surface area (Å²) in [5.41, 5.74) is -0.427. The highest BCUT2D eigenvalue weighted by atomic mass is 35.5. The van der Waals surface area contributed by atoms with E-state index >= 15 is 0 Å². The molecule has 1 fully saturated rings. The summed E-state index contributed by atoms with van der Waals surface area (Å²) in [4.78, 5) is 13.3. The number of nitrogens with zero attached hydrogens (tertiary/aromatic N) is 1. The Bertz CT molecular complexity index is 494. The lowest BCUT2D eigenvalue weighted by molar-refractivity contribution is -0.153. The minimum Gasteiger partial charge on any atom is -0.480 e. The first-order chi connectivity index (χ1) is 8.93. The van der Waals surface area contributed by atoms with Crippen LogP contribution in [0.2, 0.25) is 5.02 Å². The van der Waals surface area contributed by atoms with Crippen LogP contribution in [0, 0.1) is 5.82 Å². The predicted octanol–water partition coefficient (Wildman–Crippen LogP) is 3.31. The van der Waals surface area contributed by atoms with E-state index in [1.807, 2.05) is 4.90 Å². The molecule has 3 nitrogen and oxygen atoms in total. The highest BCUT2D eigenvalue weighted by molar-refractivity contribution is 6.30. The molecule has 1 atom stereocenters. The fraction of sp³-hybridized carbons (Fsp3) is 0.500. The Morgan fingerprint density at radius 1 is 1.53 bits per heavy atom. The highest BCUT2D eigenvalue weighted by Gasteiger charge is 2.41. The lowest BCUT2D eigenvalue weighted by Gasteiger charge is -2.41. The van der Waals surface area contributed by atoms with Gasteiger partial charge in [0, 0.05) is 17.1 Å². The molecule has 1 saturated heterocycles. The molecule has 1 heterocycles. The molecule has 0 aromatic heterocycles. The molecule has 5 heteroatoms. The van der Waals surface area contributed by atoms with Crippen LogP contribution in [0.5, 0.6) is 0 Å². The topological polar surface area (TPSA) is 40.5 Å². The average Bonchev–Trinajstić information content (AvgIpc) is 2.35. The van der Waals surface area contributed by atoms with E-state index in [1.165, 1.54) is 6.07 Å². The van der Waals surface area contributed by atoms with E-state index in [4.69, 9.17) is 11.6 Å². The summed E-state index contributed by atoms with van der Waals surface area (Å²) in [6, 6.07) is 4.51. The predicted molar refractivity (Wildman–Crippen MR) is 71.7 cm³/mol. The van der Waals surface area contributed by atoms with Gasteiger partial charge in [-0.2, -0.15) is 0 Å². The second-order valence-corrected chi connectivity index (χ2v) is 5.63. The Morgan fingerprint density at radius 3 is 2.89 bits per heavy atom. The normalized spacial score (nSPS) is 24.4. The zero-order valence-electron chi connectivity index (χ0n) is 10.8. The van der Waals surface area contributed by atoms with Gasteiger partial charge in [0.05, 0.1) is 0 Å². The highest BCUT2D eigenvalue weighted by Crippen LogP contribution is 2.30. The third-order valence-electron chi connectivity index (χ3n) is 3.88. The first kappa shape index (κ1) is 14.3. The number of aliphatic carboxylic acids is 1. The standard InChI is InChI=1S/C14H17ClFNO2/c1-14(13(18)19)6-2-3-7-17(14)9-10-4-5-11(15)8-12(10)16/h4-5,8H,2-3,6-7,9H2,1H3,(H,18,19). The quantitative estimate of drug-likeness (QED) is 0.926. The summed E-state index contributed by atoms with van der Waals surface area (Å²) in [5.74, 6) is -1.23. The number of benzene rings is 1. The van der Waals surface area contributed by atoms with Crippen molar-refractivity contribution < 1.29 is 14.3 Å². The SMILES string of the molecule is CC1(C(=O)O)CCCCN1Cc1ccc(Cl)cc1F. The van der Waals surface area contributed by atoms with Gasteiger partial charge >= 0.3 is 5.97 Å². The van der Waals surface area contributed by atoms with Gasteiger partial charge in [-0.15, -0.1) is 0 Å². The molecule has 1 aromatic rings. The van der Waals surface area contributed by atoms with Crippen LogP contribution in [0.3, 0.4) is 0 Å². The van der Waals surface area contributed by atoms with E-state index in [0.717, 1.165) is 12.8 Å². The molecule has 0 bridgehead atoms. The molecule has 19 heavy (non-hydrogen) atoms. The van der Waals surface area contributed by atoms with Crippen molar-refractivity contribution >= 4 is 17.6 Å². The Kier molecular flexibility index (Phi) is 4.11. The number of carboxylic acid groups (broad SMARTS) is 1. The summed E-state index contributed by atoms with van der Waals surface area (Å²) in [6.45, 7) is 2.68. The average molecular weight is 286 g/mol. The van der Waals surface area contributed by atoms with Gasteiger partial charge in [-0.1, -0.05) is 17.7 Å². The summed E-state index contributed by atoms with van der Waals surface area (Å²) in [7, 11) is 0. The van der Waals surface area contributed by atoms with Crippen LogP contribution >= 0.6 is 11.6 Å². The van der Waals surface area contributed by atoms with Gasteiger partial charge in [-0.3, -0.25) is 9.69 Å². The molecular weight excluding hydrogens is 269 g/mol. The molecule has 0 spiro atoms. The summed E-state index contributed by atoms with van der Waals surface area (Å²) >= 11 is 5.72. The molecule has 0 aliphatic carbocycles. The second kappa shape index (κ2) is 5.47. The van der Waals surface area contributed by atoms with Gasteiger partial charge in [0.15, 0.2) is 0 Å². The number of likely N-dealkylation sites (tertiary alicyclic amines) is 1. The van der Waals surface area contributed by atoms with Crippen LogP contribution in [0.25, 0.3) is 0 Å². The Balaban J connectivity index is 2.22. The molecule has 1 aliphatic rings. The third kappa shape index (κ3) is 2.90. The molecule has 104 valence electrons. The Labute approximate surface area is 117 Å². The fourth-order valence-electron chi connectivity index (χ4n) is 2.53. The van der Waals surface area contributed by atoms with E-state index in [9.17, 15) is 14.3 Å². The fourth-order valence-corrected chi connectivity index (χ4v) is 2.69. The largest absolute Gasteiger partial charge is 0.480 e. The van der Waals surface area contributed by atoms with Crippen molar-refractivity contribution in [3.05, 3.63) is 34.6 Å². The maximum absolute atomic E-state index is 13.8. The van der Waals surface area contributed by atoms with Gasteiger partial charge in [-0.05, 0) is 44.9 Å². The first-order valence-electron chi connectivity index (χ1n) is 6.36. The van der Waals surface area contributed by atoms with Crippen molar-refractivity contribution in [1.82, 2.24) is 4.90 Å². The summed E-state index contributed by atoms with van der Waals surface area (Å²) in [6.07, 6.45) is 2.43. The van der Waals surface area contributed by atoms with Crippen LogP contribution in [-0.2, 0) is 11.3 Å². The van der Waals surface area contributed by atoms with Crippen LogP contribution < -0.4 is 0 Å². The molecule has 0 saturated carbocycles. The second-order valence-electron chi connectivity index (χ2n) is 5.19. The number of piperidine rings is 1. The first-order valence-corrected chi connectivity index (χ1v) is 6.73. The molecule has 0 radical (unpaired) electrons. The zero-order valence-corrected chi connectivity index (χ0v) is 11.6. The molecular formula is C14H17ClFNO2. The van der Waals surface area contributed by atoms with Crippen LogP contribution in [0.1, 0.15) is 31.7 Å².